The van der Waals surface area contributed by atoms with Gasteiger partial charge in [0.25, 0.3) is 0 Å². The summed E-state index contributed by atoms with van der Waals surface area (Å²) in [7, 11) is 0. The molecule has 4 heteroatoms. The minimum atomic E-state index is -0.301. The summed E-state index contributed by atoms with van der Waals surface area (Å²) in [5.41, 5.74) is 4.80. The Labute approximate surface area is 174 Å². The number of benzene rings is 3. The molecular formula is C25H21ClO3. The van der Waals surface area contributed by atoms with Crippen LogP contribution < -0.4 is 10.4 Å². The molecule has 0 spiro atoms. The van der Waals surface area contributed by atoms with E-state index in [1.54, 1.807) is 0 Å². The van der Waals surface area contributed by atoms with Gasteiger partial charge < -0.3 is 9.15 Å². The number of aryl methyl sites for hydroxylation is 2. The third kappa shape index (κ3) is 4.20. The number of halogens is 1. The standard InChI is InChI=1S/C25H21ClO3/c1-16-11-22(28-15-19-9-6-10-20(26)13-19)24-17(2)21(25(27)29-23(24)12-16)14-18-7-4-3-5-8-18/h3-13H,14-15H2,1-2H3. The molecule has 0 amide bonds. The average Bonchev–Trinajstić information content (AvgIpc) is 2.70. The van der Waals surface area contributed by atoms with Gasteiger partial charge in [0.1, 0.15) is 17.9 Å². The van der Waals surface area contributed by atoms with Crippen molar-refractivity contribution in [2.45, 2.75) is 26.9 Å². The van der Waals surface area contributed by atoms with Gasteiger partial charge in [0, 0.05) is 17.0 Å². The summed E-state index contributed by atoms with van der Waals surface area (Å²) in [6.45, 7) is 4.30. The van der Waals surface area contributed by atoms with Crippen molar-refractivity contribution in [2.75, 3.05) is 0 Å². The molecular weight excluding hydrogens is 384 g/mol. The van der Waals surface area contributed by atoms with Gasteiger partial charge >= 0.3 is 5.63 Å². The van der Waals surface area contributed by atoms with E-state index in [2.05, 4.69) is 0 Å². The molecule has 4 aromatic rings. The van der Waals surface area contributed by atoms with E-state index >= 15 is 0 Å². The van der Waals surface area contributed by atoms with Crippen LogP contribution in [0, 0.1) is 13.8 Å². The second-order valence-electron chi connectivity index (χ2n) is 7.21. The fourth-order valence-electron chi connectivity index (χ4n) is 3.54. The third-order valence-corrected chi connectivity index (χ3v) is 5.23. The Bertz CT molecular complexity index is 1230. The van der Waals surface area contributed by atoms with Crippen LogP contribution in [0.4, 0.5) is 0 Å². The second-order valence-corrected chi connectivity index (χ2v) is 7.65. The highest BCUT2D eigenvalue weighted by Gasteiger charge is 2.16. The van der Waals surface area contributed by atoms with Crippen LogP contribution in [0.5, 0.6) is 5.75 Å². The quantitative estimate of drug-likeness (QED) is 0.370. The molecule has 0 N–H and O–H groups in total. The Morgan fingerprint density at radius 3 is 2.45 bits per heavy atom. The van der Waals surface area contributed by atoms with Crippen molar-refractivity contribution in [3.63, 3.8) is 0 Å². The molecule has 0 radical (unpaired) electrons. The summed E-state index contributed by atoms with van der Waals surface area (Å²) in [6, 6.07) is 21.4. The lowest BCUT2D eigenvalue weighted by Gasteiger charge is -2.14. The molecule has 0 bridgehead atoms. The smallest absolute Gasteiger partial charge is 0.340 e. The van der Waals surface area contributed by atoms with Crippen LogP contribution in [-0.4, -0.2) is 0 Å². The Hall–Kier alpha value is -3.04. The number of rotatable bonds is 5. The lowest BCUT2D eigenvalue weighted by atomic mass is 9.98. The van der Waals surface area contributed by atoms with Crippen LogP contribution in [0.1, 0.15) is 27.8 Å². The zero-order valence-corrected chi connectivity index (χ0v) is 17.1. The first-order valence-corrected chi connectivity index (χ1v) is 9.87. The van der Waals surface area contributed by atoms with Crippen molar-refractivity contribution < 1.29 is 9.15 Å². The van der Waals surface area contributed by atoms with Gasteiger partial charge in [-0.1, -0.05) is 54.1 Å². The lowest BCUT2D eigenvalue weighted by Crippen LogP contribution is -2.11. The molecule has 0 aliphatic carbocycles. The lowest BCUT2D eigenvalue weighted by molar-refractivity contribution is 0.309. The predicted octanol–water partition coefficient (Wildman–Crippen LogP) is 6.23. The molecule has 146 valence electrons. The first kappa shape index (κ1) is 19.3. The highest BCUT2D eigenvalue weighted by Crippen LogP contribution is 2.32. The summed E-state index contributed by atoms with van der Waals surface area (Å²) in [6.07, 6.45) is 0.520. The minimum Gasteiger partial charge on any atom is -0.488 e. The Balaban J connectivity index is 1.77. The molecule has 0 unspecified atom stereocenters. The highest BCUT2D eigenvalue weighted by molar-refractivity contribution is 6.30. The largest absolute Gasteiger partial charge is 0.488 e. The van der Waals surface area contributed by atoms with Crippen molar-refractivity contribution in [3.8, 4) is 5.75 Å². The summed E-state index contributed by atoms with van der Waals surface area (Å²) >= 11 is 6.08. The van der Waals surface area contributed by atoms with Crippen LogP contribution in [0.2, 0.25) is 5.02 Å². The molecule has 4 rings (SSSR count). The molecule has 0 aliphatic heterocycles. The average molecular weight is 405 g/mol. The summed E-state index contributed by atoms with van der Waals surface area (Å²) in [5, 5.41) is 1.51. The van der Waals surface area contributed by atoms with E-state index in [0.29, 0.717) is 34.9 Å². The van der Waals surface area contributed by atoms with E-state index < -0.39 is 0 Å². The number of ether oxygens (including phenoxy) is 1. The van der Waals surface area contributed by atoms with E-state index in [4.69, 9.17) is 20.8 Å². The molecule has 1 aromatic heterocycles. The topological polar surface area (TPSA) is 39.4 Å². The number of hydrogen-bond acceptors (Lipinski definition) is 3. The fourth-order valence-corrected chi connectivity index (χ4v) is 3.76. The van der Waals surface area contributed by atoms with E-state index in [9.17, 15) is 4.79 Å². The Kier molecular flexibility index (Phi) is 5.41. The SMILES string of the molecule is Cc1cc(OCc2cccc(Cl)c2)c2c(C)c(Cc3ccccc3)c(=O)oc2c1. The maximum absolute atomic E-state index is 12.7. The summed E-state index contributed by atoms with van der Waals surface area (Å²) < 4.78 is 11.8. The van der Waals surface area contributed by atoms with Gasteiger partial charge in [-0.05, 0) is 60.4 Å². The van der Waals surface area contributed by atoms with Crippen LogP contribution in [-0.2, 0) is 13.0 Å². The predicted molar refractivity (Wildman–Crippen MR) is 117 cm³/mol. The first-order valence-electron chi connectivity index (χ1n) is 9.49. The van der Waals surface area contributed by atoms with Crippen LogP contribution in [0.15, 0.2) is 75.9 Å². The fraction of sp³-hybridized carbons (Fsp3) is 0.160. The van der Waals surface area contributed by atoms with E-state index in [0.717, 1.165) is 27.6 Å². The molecule has 0 saturated carbocycles. The van der Waals surface area contributed by atoms with Gasteiger partial charge in [0.05, 0.1) is 5.39 Å². The van der Waals surface area contributed by atoms with Gasteiger partial charge in [-0.2, -0.15) is 0 Å². The maximum atomic E-state index is 12.7. The van der Waals surface area contributed by atoms with Gasteiger partial charge in [0.15, 0.2) is 0 Å². The van der Waals surface area contributed by atoms with Gasteiger partial charge in [-0.25, -0.2) is 4.79 Å². The molecule has 29 heavy (non-hydrogen) atoms. The van der Waals surface area contributed by atoms with Gasteiger partial charge in [0.2, 0.25) is 0 Å². The minimum absolute atomic E-state index is 0.301. The Morgan fingerprint density at radius 1 is 0.931 bits per heavy atom. The van der Waals surface area contributed by atoms with Crippen LogP contribution >= 0.6 is 11.6 Å². The van der Waals surface area contributed by atoms with Gasteiger partial charge in [-0.15, -0.1) is 0 Å². The normalized spacial score (nSPS) is 11.0. The van der Waals surface area contributed by atoms with Crippen molar-refractivity contribution in [1.29, 1.82) is 0 Å². The zero-order chi connectivity index (χ0) is 20.4. The first-order chi connectivity index (χ1) is 14.0. The second kappa shape index (κ2) is 8.14. The summed E-state index contributed by atoms with van der Waals surface area (Å²) in [4.78, 5) is 12.7. The van der Waals surface area contributed by atoms with E-state index in [1.807, 2.05) is 80.6 Å². The monoisotopic (exact) mass is 404 g/mol. The van der Waals surface area contributed by atoms with Gasteiger partial charge in [-0.3, -0.25) is 0 Å². The molecule has 3 nitrogen and oxygen atoms in total. The number of fused-ring (bicyclic) bond motifs is 1. The van der Waals surface area contributed by atoms with Crippen molar-refractivity contribution in [1.82, 2.24) is 0 Å². The molecule has 0 saturated heterocycles. The van der Waals surface area contributed by atoms with Crippen molar-refractivity contribution in [2.24, 2.45) is 0 Å². The summed E-state index contributed by atoms with van der Waals surface area (Å²) in [5.74, 6) is 0.704. The van der Waals surface area contributed by atoms with Crippen LogP contribution in [0.3, 0.4) is 0 Å². The van der Waals surface area contributed by atoms with E-state index in [1.165, 1.54) is 0 Å². The highest BCUT2D eigenvalue weighted by atomic mass is 35.5. The van der Waals surface area contributed by atoms with E-state index in [-0.39, 0.29) is 5.63 Å². The van der Waals surface area contributed by atoms with Crippen molar-refractivity contribution in [3.05, 3.63) is 110 Å². The molecule has 0 aliphatic rings. The molecule has 1 heterocycles. The third-order valence-electron chi connectivity index (χ3n) is 4.99. The van der Waals surface area contributed by atoms with Crippen LogP contribution in [0.25, 0.3) is 11.0 Å². The Morgan fingerprint density at radius 2 is 1.69 bits per heavy atom. The van der Waals surface area contributed by atoms with Crippen molar-refractivity contribution >= 4 is 22.6 Å². The zero-order valence-electron chi connectivity index (χ0n) is 16.4. The number of hydrogen-bond donors (Lipinski definition) is 0. The molecule has 3 aromatic carbocycles. The molecule has 0 fully saturated rings. The maximum Gasteiger partial charge on any atom is 0.340 e. The molecule has 0 atom stereocenters.